The summed E-state index contributed by atoms with van der Waals surface area (Å²) in [6, 6.07) is 5.22. The number of aromatic nitrogens is 1. The van der Waals surface area contributed by atoms with Crippen LogP contribution in [0.3, 0.4) is 0 Å². The number of rotatable bonds is 8. The van der Waals surface area contributed by atoms with Gasteiger partial charge in [-0.3, -0.25) is 19.3 Å². The maximum absolute atomic E-state index is 11.9. The van der Waals surface area contributed by atoms with E-state index in [2.05, 4.69) is 5.32 Å². The molecule has 1 heterocycles. The average molecular weight is 321 g/mol. The number of carboxylic acids is 1. The third-order valence-corrected chi connectivity index (χ3v) is 4.22. The van der Waals surface area contributed by atoms with Gasteiger partial charge in [0.15, 0.2) is 0 Å². The minimum absolute atomic E-state index is 0.0404. The summed E-state index contributed by atoms with van der Waals surface area (Å²) in [6.45, 7) is 3.03. The van der Waals surface area contributed by atoms with Crippen LogP contribution in [0.15, 0.2) is 29.2 Å². The van der Waals surface area contributed by atoms with Gasteiger partial charge in [0.05, 0.1) is 6.54 Å². The van der Waals surface area contributed by atoms with E-state index in [4.69, 9.17) is 5.11 Å². The Labute approximate surface area is 134 Å². The monoisotopic (exact) mass is 321 g/mol. The maximum Gasteiger partial charge on any atom is 0.317 e. The number of nitrogens with one attached hydrogen (secondary N) is 1. The molecule has 0 saturated heterocycles. The molecule has 0 bridgehead atoms. The van der Waals surface area contributed by atoms with Crippen LogP contribution in [-0.2, 0) is 16.1 Å². The van der Waals surface area contributed by atoms with Crippen molar-refractivity contribution < 1.29 is 14.7 Å². The lowest BCUT2D eigenvalue weighted by molar-refractivity contribution is -0.139. The lowest BCUT2D eigenvalue weighted by atomic mass is 9.85. The van der Waals surface area contributed by atoms with Crippen molar-refractivity contribution in [3.63, 3.8) is 0 Å². The zero-order valence-corrected chi connectivity index (χ0v) is 13.3. The summed E-state index contributed by atoms with van der Waals surface area (Å²) in [5.74, 6) is -0.905. The summed E-state index contributed by atoms with van der Waals surface area (Å²) < 4.78 is 1.51. The Hall–Kier alpha value is -2.15. The molecule has 126 valence electrons. The molecule has 0 aromatic carbocycles. The molecular formula is C16H23N3O4. The molecule has 2 N–H and O–H groups in total. The molecule has 0 aliphatic heterocycles. The highest BCUT2D eigenvalue weighted by molar-refractivity contribution is 5.76. The number of carbonyl (C=O) groups is 2. The average Bonchev–Trinajstić information content (AvgIpc) is 2.47. The van der Waals surface area contributed by atoms with Crippen LogP contribution in [0.25, 0.3) is 0 Å². The first-order valence-electron chi connectivity index (χ1n) is 7.90. The number of carbonyl (C=O) groups excluding carboxylic acids is 1. The van der Waals surface area contributed by atoms with E-state index < -0.39 is 5.97 Å². The van der Waals surface area contributed by atoms with Crippen molar-refractivity contribution in [3.8, 4) is 0 Å². The fraction of sp³-hybridized carbons (Fsp3) is 0.562. The molecule has 0 atom stereocenters. The SMILES string of the molecule is CCN(CC(=O)O)C1CC(NC(=O)CCn2ccccc2=O)C1. The summed E-state index contributed by atoms with van der Waals surface area (Å²) in [7, 11) is 0. The minimum Gasteiger partial charge on any atom is -0.480 e. The number of aliphatic carboxylic acids is 1. The predicted molar refractivity (Wildman–Crippen MR) is 85.2 cm³/mol. The van der Waals surface area contributed by atoms with Crippen molar-refractivity contribution in [2.45, 2.75) is 44.8 Å². The molecule has 1 amide bonds. The molecule has 2 rings (SSSR count). The molecule has 1 aliphatic carbocycles. The molecule has 0 radical (unpaired) electrons. The molecule has 0 spiro atoms. The zero-order chi connectivity index (χ0) is 16.8. The third-order valence-electron chi connectivity index (χ3n) is 4.22. The summed E-state index contributed by atoms with van der Waals surface area (Å²) in [5.41, 5.74) is -0.115. The number of amides is 1. The number of pyridine rings is 1. The molecule has 7 heteroatoms. The minimum atomic E-state index is -0.826. The lowest BCUT2D eigenvalue weighted by Gasteiger charge is -2.42. The van der Waals surface area contributed by atoms with E-state index >= 15 is 0 Å². The molecule has 1 saturated carbocycles. The van der Waals surface area contributed by atoms with Gasteiger partial charge in [0.2, 0.25) is 5.91 Å². The van der Waals surface area contributed by atoms with Crippen LogP contribution in [0.2, 0.25) is 0 Å². The second kappa shape index (κ2) is 7.92. The Morgan fingerprint density at radius 2 is 2.13 bits per heavy atom. The van der Waals surface area contributed by atoms with Crippen molar-refractivity contribution in [1.29, 1.82) is 0 Å². The molecule has 1 aromatic heterocycles. The Kier molecular flexibility index (Phi) is 5.92. The highest BCUT2D eigenvalue weighted by Gasteiger charge is 2.34. The fourth-order valence-electron chi connectivity index (χ4n) is 2.84. The van der Waals surface area contributed by atoms with Gasteiger partial charge >= 0.3 is 5.97 Å². The summed E-state index contributed by atoms with van der Waals surface area (Å²) in [5, 5.41) is 11.8. The molecule has 1 aliphatic rings. The largest absolute Gasteiger partial charge is 0.480 e. The first kappa shape index (κ1) is 17.2. The van der Waals surface area contributed by atoms with Crippen LogP contribution >= 0.6 is 0 Å². The Balaban J connectivity index is 1.71. The van der Waals surface area contributed by atoms with Gasteiger partial charge in [-0.25, -0.2) is 0 Å². The van der Waals surface area contributed by atoms with Crippen LogP contribution in [0, 0.1) is 0 Å². The first-order chi connectivity index (χ1) is 11.0. The number of hydrogen-bond donors (Lipinski definition) is 2. The Morgan fingerprint density at radius 1 is 1.39 bits per heavy atom. The molecule has 0 unspecified atom stereocenters. The molecular weight excluding hydrogens is 298 g/mol. The predicted octanol–water partition coefficient (Wildman–Crippen LogP) is 0.292. The second-order valence-electron chi connectivity index (χ2n) is 5.83. The van der Waals surface area contributed by atoms with E-state index in [0.717, 1.165) is 12.8 Å². The van der Waals surface area contributed by atoms with E-state index in [0.29, 0.717) is 13.1 Å². The van der Waals surface area contributed by atoms with Crippen LogP contribution in [0.5, 0.6) is 0 Å². The van der Waals surface area contributed by atoms with Gasteiger partial charge < -0.3 is 15.0 Å². The molecule has 1 aromatic rings. The number of hydrogen-bond acceptors (Lipinski definition) is 4. The lowest BCUT2D eigenvalue weighted by Crippen LogP contribution is -2.54. The van der Waals surface area contributed by atoms with E-state index in [1.54, 1.807) is 18.3 Å². The molecule has 7 nitrogen and oxygen atoms in total. The first-order valence-corrected chi connectivity index (χ1v) is 7.90. The normalized spacial score (nSPS) is 20.1. The standard InChI is InChI=1S/C16H23N3O4/c1-2-18(11-16(22)23)13-9-12(10-13)17-14(20)6-8-19-7-4-3-5-15(19)21/h3-5,7,12-13H,2,6,8-11H2,1H3,(H,17,20)(H,22,23). The number of aryl methyl sites for hydroxylation is 1. The Bertz CT molecular complexity index is 607. The second-order valence-corrected chi connectivity index (χ2v) is 5.83. The zero-order valence-electron chi connectivity index (χ0n) is 13.3. The van der Waals surface area contributed by atoms with Crippen LogP contribution in [0.4, 0.5) is 0 Å². The van der Waals surface area contributed by atoms with Gasteiger partial charge in [-0.05, 0) is 25.5 Å². The van der Waals surface area contributed by atoms with Gasteiger partial charge in [0.1, 0.15) is 0 Å². The number of nitrogens with zero attached hydrogens (tertiary/aromatic N) is 2. The van der Waals surface area contributed by atoms with Crippen molar-refractivity contribution in [2.75, 3.05) is 13.1 Å². The van der Waals surface area contributed by atoms with Crippen LogP contribution in [0.1, 0.15) is 26.2 Å². The van der Waals surface area contributed by atoms with Gasteiger partial charge in [-0.1, -0.05) is 13.0 Å². The van der Waals surface area contributed by atoms with E-state index in [-0.39, 0.29) is 36.5 Å². The Morgan fingerprint density at radius 3 is 2.74 bits per heavy atom. The van der Waals surface area contributed by atoms with Gasteiger partial charge in [0.25, 0.3) is 5.56 Å². The number of carboxylic acid groups (broad SMARTS) is 1. The van der Waals surface area contributed by atoms with Crippen molar-refractivity contribution in [3.05, 3.63) is 34.7 Å². The van der Waals surface area contributed by atoms with E-state index in [1.807, 2.05) is 11.8 Å². The topological polar surface area (TPSA) is 91.6 Å². The van der Waals surface area contributed by atoms with E-state index in [1.165, 1.54) is 10.6 Å². The molecule has 1 fully saturated rings. The van der Waals surface area contributed by atoms with Gasteiger partial charge in [0, 0.05) is 37.3 Å². The summed E-state index contributed by atoms with van der Waals surface area (Å²) in [6.07, 6.45) is 3.48. The van der Waals surface area contributed by atoms with Crippen molar-refractivity contribution >= 4 is 11.9 Å². The highest BCUT2D eigenvalue weighted by atomic mass is 16.4. The quantitative estimate of drug-likeness (QED) is 0.718. The fourth-order valence-corrected chi connectivity index (χ4v) is 2.84. The summed E-state index contributed by atoms with van der Waals surface area (Å²) >= 11 is 0. The highest BCUT2D eigenvalue weighted by Crippen LogP contribution is 2.25. The van der Waals surface area contributed by atoms with Gasteiger partial charge in [-0.15, -0.1) is 0 Å². The van der Waals surface area contributed by atoms with E-state index in [9.17, 15) is 14.4 Å². The van der Waals surface area contributed by atoms with Crippen LogP contribution < -0.4 is 10.9 Å². The van der Waals surface area contributed by atoms with Crippen molar-refractivity contribution in [2.24, 2.45) is 0 Å². The smallest absolute Gasteiger partial charge is 0.317 e. The van der Waals surface area contributed by atoms with Crippen molar-refractivity contribution in [1.82, 2.24) is 14.8 Å². The van der Waals surface area contributed by atoms with Gasteiger partial charge in [-0.2, -0.15) is 0 Å². The van der Waals surface area contributed by atoms with Crippen LogP contribution in [-0.4, -0.2) is 51.6 Å². The third kappa shape index (κ3) is 4.92. The molecule has 23 heavy (non-hydrogen) atoms. The maximum atomic E-state index is 11.9. The number of likely N-dealkylation sites (N-methyl/N-ethyl adjacent to an activating group) is 1. The summed E-state index contributed by atoms with van der Waals surface area (Å²) in [4.78, 5) is 36.2.